The van der Waals surface area contributed by atoms with Crippen molar-refractivity contribution in [2.45, 2.75) is 39.2 Å². The minimum Gasteiger partial charge on any atom is -0.332 e. The number of carbonyl (C=O) groups is 1. The van der Waals surface area contributed by atoms with Gasteiger partial charge in [-0.25, -0.2) is 0 Å². The number of nitrogens with zero attached hydrogens (tertiary/aromatic N) is 1. The molecule has 0 aromatic heterocycles. The summed E-state index contributed by atoms with van der Waals surface area (Å²) in [6, 6.07) is 0.435. The number of hydrogen-bond acceptors (Lipinski definition) is 1. The van der Waals surface area contributed by atoms with E-state index in [4.69, 9.17) is 0 Å². The van der Waals surface area contributed by atoms with Crippen molar-refractivity contribution in [1.82, 2.24) is 4.90 Å². The van der Waals surface area contributed by atoms with E-state index in [-0.39, 0.29) is 5.91 Å². The molecular formula is C13H19NO. The van der Waals surface area contributed by atoms with Crippen molar-refractivity contribution < 1.29 is 4.79 Å². The Kier molecular flexibility index (Phi) is 2.73. The van der Waals surface area contributed by atoms with Gasteiger partial charge in [0.2, 0.25) is 0 Å². The van der Waals surface area contributed by atoms with Crippen LogP contribution in [-0.4, -0.2) is 23.9 Å². The van der Waals surface area contributed by atoms with E-state index in [1.54, 1.807) is 6.92 Å². The van der Waals surface area contributed by atoms with Gasteiger partial charge >= 0.3 is 0 Å². The predicted molar refractivity (Wildman–Crippen MR) is 60.0 cm³/mol. The molecule has 2 nitrogen and oxygen atoms in total. The summed E-state index contributed by atoms with van der Waals surface area (Å²) in [5, 5.41) is 0. The van der Waals surface area contributed by atoms with Crippen LogP contribution >= 0.6 is 0 Å². The van der Waals surface area contributed by atoms with Crippen LogP contribution in [0.15, 0.2) is 0 Å². The zero-order chi connectivity index (χ0) is 11.0. The third-order valence-electron chi connectivity index (χ3n) is 4.24. The first-order chi connectivity index (χ1) is 7.15. The van der Waals surface area contributed by atoms with E-state index in [0.717, 1.165) is 17.8 Å². The second-order valence-electron chi connectivity index (χ2n) is 4.94. The standard InChI is InChI=1S/C13H19NO/c1-4-5-13(15)14(3)10-6-7-11-9(2)12(11)8-10/h9-12H,6-8H2,1-3H3/t9?,10-,11?,12?/m1/s1. The Balaban J connectivity index is 1.93. The van der Waals surface area contributed by atoms with Crippen LogP contribution in [0.25, 0.3) is 0 Å². The van der Waals surface area contributed by atoms with E-state index >= 15 is 0 Å². The first-order valence-corrected chi connectivity index (χ1v) is 5.84. The van der Waals surface area contributed by atoms with Crippen LogP contribution < -0.4 is 0 Å². The fraction of sp³-hybridized carbons (Fsp3) is 0.769. The van der Waals surface area contributed by atoms with Crippen LogP contribution in [0.1, 0.15) is 33.1 Å². The van der Waals surface area contributed by atoms with Gasteiger partial charge in [-0.3, -0.25) is 4.79 Å². The Morgan fingerprint density at radius 3 is 2.67 bits per heavy atom. The SMILES string of the molecule is CC#CC(=O)N(C)[C@@H]1CCC2C(C)C2C1. The normalized spacial score (nSPS) is 37.3. The number of carbonyl (C=O) groups excluding carboxylic acids is 1. The maximum atomic E-state index is 11.6. The highest BCUT2D eigenvalue weighted by atomic mass is 16.2. The molecule has 1 amide bonds. The van der Waals surface area contributed by atoms with Crippen LogP contribution in [0.3, 0.4) is 0 Å². The van der Waals surface area contributed by atoms with E-state index in [1.807, 2.05) is 11.9 Å². The summed E-state index contributed by atoms with van der Waals surface area (Å²) in [7, 11) is 1.89. The van der Waals surface area contributed by atoms with E-state index in [2.05, 4.69) is 18.8 Å². The van der Waals surface area contributed by atoms with Gasteiger partial charge in [0.25, 0.3) is 5.91 Å². The maximum absolute atomic E-state index is 11.6. The molecule has 2 rings (SSSR count). The molecular weight excluding hydrogens is 186 g/mol. The molecule has 0 heterocycles. The predicted octanol–water partition coefficient (Wildman–Crippen LogP) is 1.90. The van der Waals surface area contributed by atoms with Crippen molar-refractivity contribution in [3.8, 4) is 11.8 Å². The molecule has 3 unspecified atom stereocenters. The van der Waals surface area contributed by atoms with Gasteiger partial charge in [0.15, 0.2) is 0 Å². The van der Waals surface area contributed by atoms with Crippen molar-refractivity contribution in [2.75, 3.05) is 7.05 Å². The first kappa shape index (κ1) is 10.5. The van der Waals surface area contributed by atoms with Crippen LogP contribution in [0.4, 0.5) is 0 Å². The van der Waals surface area contributed by atoms with E-state index in [1.165, 1.54) is 19.3 Å². The lowest BCUT2D eigenvalue weighted by Gasteiger charge is -2.29. The highest BCUT2D eigenvalue weighted by Crippen LogP contribution is 2.55. The average Bonchev–Trinajstić information content (AvgIpc) is 2.89. The van der Waals surface area contributed by atoms with Crippen molar-refractivity contribution in [3.63, 3.8) is 0 Å². The van der Waals surface area contributed by atoms with E-state index < -0.39 is 0 Å². The fourth-order valence-electron chi connectivity index (χ4n) is 3.03. The highest BCUT2D eigenvalue weighted by Gasteiger charge is 2.50. The zero-order valence-corrected chi connectivity index (χ0v) is 9.79. The summed E-state index contributed by atoms with van der Waals surface area (Å²) >= 11 is 0. The summed E-state index contributed by atoms with van der Waals surface area (Å²) in [5.41, 5.74) is 0. The third-order valence-corrected chi connectivity index (χ3v) is 4.24. The van der Waals surface area contributed by atoms with Crippen molar-refractivity contribution >= 4 is 5.91 Å². The van der Waals surface area contributed by atoms with Crippen LogP contribution in [-0.2, 0) is 4.79 Å². The van der Waals surface area contributed by atoms with Crippen molar-refractivity contribution in [1.29, 1.82) is 0 Å². The lowest BCUT2D eigenvalue weighted by Crippen LogP contribution is -2.38. The summed E-state index contributed by atoms with van der Waals surface area (Å²) in [4.78, 5) is 13.4. The molecule has 0 aromatic rings. The monoisotopic (exact) mass is 205 g/mol. The van der Waals surface area contributed by atoms with Gasteiger partial charge in [0, 0.05) is 13.1 Å². The van der Waals surface area contributed by atoms with Gasteiger partial charge in [0.1, 0.15) is 0 Å². The molecule has 0 bridgehead atoms. The number of hydrogen-bond donors (Lipinski definition) is 0. The fourth-order valence-corrected chi connectivity index (χ4v) is 3.03. The lowest BCUT2D eigenvalue weighted by atomic mass is 9.94. The molecule has 0 aromatic carbocycles. The van der Waals surface area contributed by atoms with Gasteiger partial charge in [-0.15, -0.1) is 0 Å². The molecule has 0 spiro atoms. The van der Waals surface area contributed by atoms with Gasteiger partial charge in [-0.2, -0.15) is 0 Å². The molecule has 0 saturated heterocycles. The molecule has 82 valence electrons. The average molecular weight is 205 g/mol. The first-order valence-electron chi connectivity index (χ1n) is 5.84. The second kappa shape index (κ2) is 3.89. The largest absolute Gasteiger partial charge is 0.332 e. The van der Waals surface area contributed by atoms with E-state index in [0.29, 0.717) is 6.04 Å². The number of amides is 1. The van der Waals surface area contributed by atoms with Gasteiger partial charge in [0.05, 0.1) is 0 Å². The minimum atomic E-state index is -0.0192. The summed E-state index contributed by atoms with van der Waals surface area (Å²) in [6.07, 6.45) is 3.66. The topological polar surface area (TPSA) is 20.3 Å². The maximum Gasteiger partial charge on any atom is 0.298 e. The van der Waals surface area contributed by atoms with E-state index in [9.17, 15) is 4.79 Å². The molecule has 2 fully saturated rings. The molecule has 2 heteroatoms. The lowest BCUT2D eigenvalue weighted by molar-refractivity contribution is -0.126. The van der Waals surface area contributed by atoms with Crippen LogP contribution in [0.5, 0.6) is 0 Å². The zero-order valence-electron chi connectivity index (χ0n) is 9.79. The summed E-state index contributed by atoms with van der Waals surface area (Å²) in [5.74, 6) is 8.02. The molecule has 0 radical (unpaired) electrons. The minimum absolute atomic E-state index is 0.0192. The smallest absolute Gasteiger partial charge is 0.298 e. The Hall–Kier alpha value is -0.970. The molecule has 15 heavy (non-hydrogen) atoms. The van der Waals surface area contributed by atoms with Gasteiger partial charge < -0.3 is 4.90 Å². The summed E-state index contributed by atoms with van der Waals surface area (Å²) in [6.45, 7) is 4.05. The summed E-state index contributed by atoms with van der Waals surface area (Å²) < 4.78 is 0. The Morgan fingerprint density at radius 1 is 1.33 bits per heavy atom. The molecule has 0 N–H and O–H groups in total. The third kappa shape index (κ3) is 1.88. The highest BCUT2D eigenvalue weighted by molar-refractivity contribution is 5.93. The Morgan fingerprint density at radius 2 is 2.07 bits per heavy atom. The van der Waals surface area contributed by atoms with Crippen molar-refractivity contribution in [3.05, 3.63) is 0 Å². The quantitative estimate of drug-likeness (QED) is 0.599. The molecule has 4 atom stereocenters. The van der Waals surface area contributed by atoms with Crippen LogP contribution in [0.2, 0.25) is 0 Å². The number of rotatable bonds is 1. The van der Waals surface area contributed by atoms with Crippen LogP contribution in [0, 0.1) is 29.6 Å². The van der Waals surface area contributed by atoms with Gasteiger partial charge in [-0.1, -0.05) is 12.8 Å². The molecule has 2 aliphatic rings. The van der Waals surface area contributed by atoms with Crippen molar-refractivity contribution in [2.24, 2.45) is 17.8 Å². The molecule has 0 aliphatic heterocycles. The second-order valence-corrected chi connectivity index (χ2v) is 4.94. The molecule has 2 aliphatic carbocycles. The molecule has 2 saturated carbocycles. The van der Waals surface area contributed by atoms with Gasteiger partial charge in [-0.05, 0) is 49.9 Å². The Labute approximate surface area is 92.0 Å². The Bertz CT molecular complexity index is 325. The number of fused-ring (bicyclic) bond motifs is 1.